The van der Waals surface area contributed by atoms with Crippen molar-refractivity contribution in [2.75, 3.05) is 0 Å². The molecule has 0 bridgehead atoms. The maximum Gasteiger partial charge on any atom is 0.414 e. The van der Waals surface area contributed by atoms with Crippen molar-refractivity contribution in [3.05, 3.63) is 0 Å². The van der Waals surface area contributed by atoms with Crippen LogP contribution in [0.2, 0.25) is 0 Å². The van der Waals surface area contributed by atoms with Crippen LogP contribution in [-0.2, 0) is 14.3 Å². The molecule has 2 amide bonds. The van der Waals surface area contributed by atoms with Gasteiger partial charge >= 0.3 is 6.09 Å². The molecule has 0 spiro atoms. The summed E-state index contributed by atoms with van der Waals surface area (Å²) in [6.45, 7) is 10.1. The molecule has 114 valence electrons. The summed E-state index contributed by atoms with van der Waals surface area (Å²) in [5.74, 6) is -1.42. The summed E-state index contributed by atoms with van der Waals surface area (Å²) in [6, 6.07) is 0. The van der Waals surface area contributed by atoms with Gasteiger partial charge in [-0.05, 0) is 20.8 Å². The first kappa shape index (κ1) is 18.1. The van der Waals surface area contributed by atoms with E-state index in [0.29, 0.717) is 0 Å². The second-order valence-electron chi connectivity index (χ2n) is 6.40. The summed E-state index contributed by atoms with van der Waals surface area (Å²) in [5.41, 5.74) is -1.32. The van der Waals surface area contributed by atoms with Crippen molar-refractivity contribution >= 4 is 23.7 Å². The molecule has 0 aliphatic carbocycles. The first-order valence-electron chi connectivity index (χ1n) is 6.23. The van der Waals surface area contributed by atoms with Gasteiger partial charge in [-0.15, -0.1) is 0 Å². The van der Waals surface area contributed by atoms with Gasteiger partial charge in [-0.2, -0.15) is 0 Å². The number of nitrogens with one attached hydrogen (secondary N) is 3. The lowest BCUT2D eigenvalue weighted by Gasteiger charge is -2.20. The highest BCUT2D eigenvalue weighted by atomic mass is 16.6. The number of alkyl carbamates (subject to hydrolysis) is 1. The van der Waals surface area contributed by atoms with Crippen LogP contribution in [0.3, 0.4) is 0 Å². The predicted octanol–water partition coefficient (Wildman–Crippen LogP) is 1.57. The van der Waals surface area contributed by atoms with Crippen LogP contribution in [0.5, 0.6) is 0 Å². The number of hydrogen-bond donors (Lipinski definition) is 3. The van der Waals surface area contributed by atoms with E-state index in [0.717, 1.165) is 0 Å². The third-order valence-electron chi connectivity index (χ3n) is 2.05. The van der Waals surface area contributed by atoms with Crippen LogP contribution >= 0.6 is 0 Å². The van der Waals surface area contributed by atoms with Crippen LogP contribution in [0, 0.1) is 10.8 Å². The van der Waals surface area contributed by atoms with E-state index in [2.05, 4.69) is 10.6 Å². The number of Topliss-reactive ketones (excluding diaryl/α,β-unsaturated/α-hetero) is 1. The van der Waals surface area contributed by atoms with Crippen LogP contribution in [-0.4, -0.2) is 29.3 Å². The van der Waals surface area contributed by atoms with Gasteiger partial charge in [0, 0.05) is 5.41 Å². The molecule has 0 aliphatic rings. The number of ketones is 1. The second-order valence-corrected chi connectivity index (χ2v) is 6.40. The highest BCUT2D eigenvalue weighted by molar-refractivity contribution is 6.08. The van der Waals surface area contributed by atoms with Crippen LogP contribution in [0.15, 0.2) is 0 Å². The summed E-state index contributed by atoms with van der Waals surface area (Å²) >= 11 is 0. The number of amides is 2. The van der Waals surface area contributed by atoms with E-state index in [4.69, 9.17) is 10.1 Å². The number of hydrogen-bond acceptors (Lipinski definition) is 5. The third-order valence-corrected chi connectivity index (χ3v) is 2.05. The van der Waals surface area contributed by atoms with Gasteiger partial charge in [0.15, 0.2) is 0 Å². The molecule has 0 radical (unpaired) electrons. The van der Waals surface area contributed by atoms with E-state index in [9.17, 15) is 14.4 Å². The Morgan fingerprint density at radius 2 is 1.50 bits per heavy atom. The zero-order valence-electron chi connectivity index (χ0n) is 12.8. The van der Waals surface area contributed by atoms with Gasteiger partial charge < -0.3 is 4.74 Å². The molecule has 7 heteroatoms. The number of carbonyl (C=O) groups excluding carboxylic acids is 3. The normalized spacial score (nSPS) is 11.5. The van der Waals surface area contributed by atoms with Crippen LogP contribution < -0.4 is 10.6 Å². The molecule has 0 aromatic carbocycles. The van der Waals surface area contributed by atoms with Crippen molar-refractivity contribution in [1.29, 1.82) is 5.41 Å². The fourth-order valence-electron chi connectivity index (χ4n) is 1.03. The number of ether oxygens (including phenoxy) is 1. The molecule has 0 unspecified atom stereocenters. The molecule has 0 aromatic heterocycles. The minimum Gasteiger partial charge on any atom is -0.444 e. The molecule has 20 heavy (non-hydrogen) atoms. The van der Waals surface area contributed by atoms with Gasteiger partial charge in [0.2, 0.25) is 11.9 Å². The lowest BCUT2D eigenvalue weighted by atomic mass is 9.89. The number of carbonyl (C=O) groups is 3. The van der Waals surface area contributed by atoms with Gasteiger partial charge in [0.1, 0.15) is 11.4 Å². The Labute approximate surface area is 119 Å². The molecular formula is C13H23N3O4. The van der Waals surface area contributed by atoms with Gasteiger partial charge in [-0.1, -0.05) is 20.8 Å². The van der Waals surface area contributed by atoms with Gasteiger partial charge in [0.05, 0.1) is 6.42 Å². The van der Waals surface area contributed by atoms with Crippen molar-refractivity contribution < 1.29 is 19.1 Å². The first-order valence-corrected chi connectivity index (χ1v) is 6.23. The molecule has 0 aliphatic heterocycles. The molecule has 0 heterocycles. The Hall–Kier alpha value is -1.92. The highest BCUT2D eigenvalue weighted by Crippen LogP contribution is 2.16. The smallest absolute Gasteiger partial charge is 0.414 e. The molecule has 0 saturated carbocycles. The number of rotatable bonds is 2. The molecule has 0 aromatic rings. The monoisotopic (exact) mass is 285 g/mol. The van der Waals surface area contributed by atoms with Crippen LogP contribution in [0.25, 0.3) is 0 Å². The van der Waals surface area contributed by atoms with Crippen LogP contribution in [0.1, 0.15) is 48.0 Å². The molecule has 3 N–H and O–H groups in total. The van der Waals surface area contributed by atoms with E-state index >= 15 is 0 Å². The van der Waals surface area contributed by atoms with E-state index in [-0.39, 0.29) is 12.2 Å². The maximum absolute atomic E-state index is 11.6. The van der Waals surface area contributed by atoms with E-state index < -0.39 is 29.0 Å². The Bertz CT molecular complexity index is 416. The van der Waals surface area contributed by atoms with Gasteiger partial charge in [-0.25, -0.2) is 4.79 Å². The molecule has 7 nitrogen and oxygen atoms in total. The maximum atomic E-state index is 11.6. The Morgan fingerprint density at radius 1 is 1.00 bits per heavy atom. The van der Waals surface area contributed by atoms with Crippen molar-refractivity contribution in [3.8, 4) is 0 Å². The minimum atomic E-state index is -0.843. The van der Waals surface area contributed by atoms with Gasteiger partial charge in [0.25, 0.3) is 0 Å². The summed E-state index contributed by atoms with van der Waals surface area (Å²) in [6.07, 6.45) is -1.19. The Morgan fingerprint density at radius 3 is 1.90 bits per heavy atom. The van der Waals surface area contributed by atoms with E-state index in [1.807, 2.05) is 0 Å². The lowest BCUT2D eigenvalue weighted by molar-refractivity contribution is -0.131. The topological polar surface area (TPSA) is 108 Å². The summed E-state index contributed by atoms with van der Waals surface area (Å²) in [5, 5.41) is 11.6. The largest absolute Gasteiger partial charge is 0.444 e. The fourth-order valence-corrected chi connectivity index (χ4v) is 1.03. The molecule has 0 fully saturated rings. The van der Waals surface area contributed by atoms with E-state index in [1.54, 1.807) is 41.5 Å². The zero-order valence-corrected chi connectivity index (χ0v) is 12.8. The second kappa shape index (κ2) is 6.49. The molecule has 0 atom stereocenters. The molecule has 0 saturated heterocycles. The van der Waals surface area contributed by atoms with Crippen molar-refractivity contribution in [3.63, 3.8) is 0 Å². The summed E-state index contributed by atoms with van der Waals surface area (Å²) < 4.78 is 4.92. The summed E-state index contributed by atoms with van der Waals surface area (Å²) in [4.78, 5) is 34.5. The molecule has 0 rings (SSSR count). The average molecular weight is 285 g/mol. The van der Waals surface area contributed by atoms with E-state index in [1.165, 1.54) is 0 Å². The fraction of sp³-hybridized carbons (Fsp3) is 0.692. The predicted molar refractivity (Wildman–Crippen MR) is 74.3 cm³/mol. The van der Waals surface area contributed by atoms with Gasteiger partial charge in [-0.3, -0.25) is 25.6 Å². The Balaban J connectivity index is 4.25. The van der Waals surface area contributed by atoms with Crippen molar-refractivity contribution in [2.24, 2.45) is 5.41 Å². The average Bonchev–Trinajstić information content (AvgIpc) is 2.10. The first-order chi connectivity index (χ1) is 8.81. The standard InChI is InChI=1S/C13H23N3O4/c1-12(2,3)8(17)7-9(18)15-10(14)16-11(19)20-13(4,5)6/h7H2,1-6H3,(H3,14,15,16,18,19). The quantitative estimate of drug-likeness (QED) is 0.406. The van der Waals surface area contributed by atoms with Crippen LogP contribution in [0.4, 0.5) is 4.79 Å². The Kier molecular flexibility index (Phi) is 5.87. The van der Waals surface area contributed by atoms with Crippen molar-refractivity contribution in [1.82, 2.24) is 10.6 Å². The minimum absolute atomic E-state index is 0.250. The summed E-state index contributed by atoms with van der Waals surface area (Å²) in [7, 11) is 0. The number of guanidine groups is 1. The zero-order chi connectivity index (χ0) is 16.1. The SMILES string of the molecule is CC(C)(C)OC(=O)NC(=N)NC(=O)CC(=O)C(C)(C)C. The third kappa shape index (κ3) is 8.23. The highest BCUT2D eigenvalue weighted by Gasteiger charge is 2.24. The lowest BCUT2D eigenvalue weighted by Crippen LogP contribution is -2.45. The van der Waals surface area contributed by atoms with Crippen molar-refractivity contribution in [2.45, 2.75) is 53.6 Å². The molecular weight excluding hydrogens is 262 g/mol.